The van der Waals surface area contributed by atoms with E-state index in [1.807, 2.05) is 36.4 Å². The van der Waals surface area contributed by atoms with Crippen molar-refractivity contribution in [2.24, 2.45) is 0 Å². The van der Waals surface area contributed by atoms with Crippen molar-refractivity contribution in [3.8, 4) is 11.3 Å². The van der Waals surface area contributed by atoms with Crippen LogP contribution in [0.5, 0.6) is 0 Å². The van der Waals surface area contributed by atoms with E-state index in [4.69, 9.17) is 9.72 Å². The van der Waals surface area contributed by atoms with Crippen molar-refractivity contribution in [2.45, 2.75) is 18.2 Å². The second-order valence-electron chi connectivity index (χ2n) is 6.72. The van der Waals surface area contributed by atoms with Crippen molar-refractivity contribution in [3.05, 3.63) is 84.2 Å². The Balaban J connectivity index is 1.78. The highest BCUT2D eigenvalue weighted by atomic mass is 32.2. The number of hydrogen-bond donors (Lipinski definition) is 0. The van der Waals surface area contributed by atoms with Gasteiger partial charge in [0.15, 0.2) is 0 Å². The van der Waals surface area contributed by atoms with Gasteiger partial charge in [-0.1, -0.05) is 48.5 Å². The van der Waals surface area contributed by atoms with Gasteiger partial charge in [-0.25, -0.2) is 19.7 Å². The van der Waals surface area contributed by atoms with Crippen LogP contribution in [0, 0.1) is 0 Å². The van der Waals surface area contributed by atoms with Gasteiger partial charge in [-0.15, -0.1) is 0 Å². The van der Waals surface area contributed by atoms with E-state index in [2.05, 4.69) is 9.97 Å². The van der Waals surface area contributed by atoms with Crippen LogP contribution in [0.4, 0.5) is 0 Å². The molecule has 4 rings (SSSR count). The Morgan fingerprint density at radius 2 is 1.67 bits per heavy atom. The normalized spacial score (nSPS) is 13.0. The molecule has 4 aromatic rings. The van der Waals surface area contributed by atoms with Crippen LogP contribution in [0.15, 0.2) is 78.1 Å². The van der Waals surface area contributed by atoms with Gasteiger partial charge in [0.1, 0.15) is 11.6 Å². The monoisotopic (exact) mass is 417 g/mol. The van der Waals surface area contributed by atoms with Crippen LogP contribution in [-0.4, -0.2) is 31.4 Å². The minimum absolute atomic E-state index is 0.248. The highest BCUT2D eigenvalue weighted by Crippen LogP contribution is 2.29. The summed E-state index contributed by atoms with van der Waals surface area (Å²) < 4.78 is 17.5. The lowest BCUT2D eigenvalue weighted by Crippen LogP contribution is -2.11. The Hall–Kier alpha value is -3.45. The molecular formula is C23H19N3O3S. The lowest BCUT2D eigenvalue weighted by Gasteiger charge is -2.15. The summed E-state index contributed by atoms with van der Waals surface area (Å²) in [7, 11) is -1.31. The van der Waals surface area contributed by atoms with Crippen molar-refractivity contribution in [1.82, 2.24) is 15.0 Å². The van der Waals surface area contributed by atoms with Crippen LogP contribution in [0.25, 0.3) is 22.2 Å². The molecule has 0 bridgehead atoms. The highest BCUT2D eigenvalue weighted by molar-refractivity contribution is 7.84. The second-order valence-corrected chi connectivity index (χ2v) is 7.99. The van der Waals surface area contributed by atoms with E-state index in [1.54, 1.807) is 43.5 Å². The Morgan fingerprint density at radius 1 is 1.00 bits per heavy atom. The fraction of sp³-hybridized carbons (Fsp3) is 0.130. The maximum Gasteiger partial charge on any atom is 0.338 e. The van der Waals surface area contributed by atoms with E-state index in [0.29, 0.717) is 22.5 Å². The topological polar surface area (TPSA) is 82.0 Å². The fourth-order valence-electron chi connectivity index (χ4n) is 3.05. The molecule has 6 nitrogen and oxygen atoms in total. The fourth-order valence-corrected chi connectivity index (χ4v) is 3.47. The van der Waals surface area contributed by atoms with Gasteiger partial charge in [0.25, 0.3) is 0 Å². The molecule has 7 heteroatoms. The highest BCUT2D eigenvalue weighted by Gasteiger charge is 2.19. The number of fused-ring (bicyclic) bond motifs is 1. The maximum absolute atomic E-state index is 12.5. The summed E-state index contributed by atoms with van der Waals surface area (Å²) in [6.45, 7) is 1.78. The molecule has 2 heterocycles. The van der Waals surface area contributed by atoms with Gasteiger partial charge in [0.2, 0.25) is 5.16 Å². The molecule has 0 fully saturated rings. The number of hydrogen-bond acceptors (Lipinski definition) is 6. The summed E-state index contributed by atoms with van der Waals surface area (Å²) in [5.41, 5.74) is 3.15. The maximum atomic E-state index is 12.5. The number of carbonyl (C=O) groups is 1. The number of ether oxygens (including phenoxy) is 1. The van der Waals surface area contributed by atoms with Gasteiger partial charge in [-0.05, 0) is 25.1 Å². The molecule has 150 valence electrons. The standard InChI is InChI=1S/C23H19N3O3S/c1-15(29-22(27)17-11-7-4-8-12-17)19-13-18-14-24-23(30(2)28)26-21(18)20(25-19)16-9-5-3-6-10-16/h3-15H,1-2H3. The largest absolute Gasteiger partial charge is 0.453 e. The lowest BCUT2D eigenvalue weighted by molar-refractivity contribution is 0.0330. The van der Waals surface area contributed by atoms with Crippen molar-refractivity contribution < 1.29 is 13.7 Å². The van der Waals surface area contributed by atoms with E-state index in [1.165, 1.54) is 6.26 Å². The summed E-state index contributed by atoms with van der Waals surface area (Å²) in [5, 5.41) is 0.980. The zero-order valence-corrected chi connectivity index (χ0v) is 17.3. The molecule has 0 aliphatic carbocycles. The van der Waals surface area contributed by atoms with E-state index < -0.39 is 22.9 Å². The summed E-state index contributed by atoms with van der Waals surface area (Å²) in [6.07, 6.45) is 2.59. The van der Waals surface area contributed by atoms with Crippen LogP contribution in [-0.2, 0) is 15.5 Å². The number of esters is 1. The quantitative estimate of drug-likeness (QED) is 0.355. The summed E-state index contributed by atoms with van der Waals surface area (Å²) in [5.74, 6) is -0.417. The summed E-state index contributed by atoms with van der Waals surface area (Å²) >= 11 is 0. The van der Waals surface area contributed by atoms with Gasteiger partial charge in [-0.3, -0.25) is 4.21 Å². The molecule has 2 unspecified atom stereocenters. The Labute approximate surface area is 176 Å². The van der Waals surface area contributed by atoms with Crippen molar-refractivity contribution in [3.63, 3.8) is 0 Å². The first-order valence-corrected chi connectivity index (χ1v) is 10.9. The SMILES string of the molecule is CC(OC(=O)c1ccccc1)c1cc2cnc(S(C)=O)nc2c(-c2ccccc2)n1. The third kappa shape index (κ3) is 4.11. The predicted octanol–water partition coefficient (Wildman–Crippen LogP) is 4.35. The molecule has 0 spiro atoms. The molecule has 30 heavy (non-hydrogen) atoms. The third-order valence-electron chi connectivity index (χ3n) is 4.58. The Morgan fingerprint density at radius 3 is 2.33 bits per heavy atom. The number of pyridine rings is 1. The van der Waals surface area contributed by atoms with Gasteiger partial charge in [-0.2, -0.15) is 0 Å². The molecule has 0 aliphatic rings. The van der Waals surface area contributed by atoms with Crippen LogP contribution < -0.4 is 0 Å². The molecule has 0 radical (unpaired) electrons. The molecule has 2 aromatic heterocycles. The minimum atomic E-state index is -1.31. The van der Waals surface area contributed by atoms with Crippen molar-refractivity contribution in [1.29, 1.82) is 0 Å². The predicted molar refractivity (Wildman–Crippen MR) is 115 cm³/mol. The van der Waals surface area contributed by atoms with Crippen LogP contribution in [0.1, 0.15) is 29.1 Å². The Kier molecular flexibility index (Phi) is 5.63. The molecule has 0 saturated carbocycles. The first kappa shape index (κ1) is 19.8. The molecule has 2 atom stereocenters. The molecule has 2 aromatic carbocycles. The van der Waals surface area contributed by atoms with Crippen LogP contribution in [0.2, 0.25) is 0 Å². The zero-order chi connectivity index (χ0) is 21.1. The van der Waals surface area contributed by atoms with Crippen molar-refractivity contribution >= 4 is 27.7 Å². The van der Waals surface area contributed by atoms with E-state index in [9.17, 15) is 9.00 Å². The van der Waals surface area contributed by atoms with Gasteiger partial charge >= 0.3 is 5.97 Å². The zero-order valence-electron chi connectivity index (χ0n) is 16.5. The molecule has 0 saturated heterocycles. The van der Waals surface area contributed by atoms with Gasteiger partial charge in [0, 0.05) is 23.4 Å². The smallest absolute Gasteiger partial charge is 0.338 e. The van der Waals surface area contributed by atoms with Crippen molar-refractivity contribution in [2.75, 3.05) is 6.26 Å². The summed E-state index contributed by atoms with van der Waals surface area (Å²) in [6, 6.07) is 20.2. The Bertz CT molecular complexity index is 1230. The molecule has 0 aliphatic heterocycles. The summed E-state index contributed by atoms with van der Waals surface area (Å²) in [4.78, 5) is 25.9. The van der Waals surface area contributed by atoms with Crippen LogP contribution >= 0.6 is 0 Å². The number of carbonyl (C=O) groups excluding carboxylic acids is 1. The van der Waals surface area contributed by atoms with Gasteiger partial charge < -0.3 is 4.74 Å². The average Bonchev–Trinajstić information content (AvgIpc) is 2.79. The first-order chi connectivity index (χ1) is 14.5. The van der Waals surface area contributed by atoms with E-state index in [0.717, 1.165) is 10.9 Å². The molecular weight excluding hydrogens is 398 g/mol. The molecule has 0 N–H and O–H groups in total. The van der Waals surface area contributed by atoms with Crippen LogP contribution in [0.3, 0.4) is 0 Å². The number of aromatic nitrogens is 3. The minimum Gasteiger partial charge on any atom is -0.453 e. The molecule has 0 amide bonds. The van der Waals surface area contributed by atoms with E-state index in [-0.39, 0.29) is 5.16 Å². The third-order valence-corrected chi connectivity index (χ3v) is 5.29. The second kappa shape index (κ2) is 8.51. The first-order valence-electron chi connectivity index (χ1n) is 9.35. The average molecular weight is 417 g/mol. The number of benzene rings is 2. The number of nitrogens with zero attached hydrogens (tertiary/aromatic N) is 3. The number of rotatable bonds is 5. The lowest BCUT2D eigenvalue weighted by atomic mass is 10.1. The van der Waals surface area contributed by atoms with Gasteiger partial charge in [0.05, 0.1) is 27.8 Å². The van der Waals surface area contributed by atoms with E-state index >= 15 is 0 Å².